The van der Waals surface area contributed by atoms with Gasteiger partial charge < -0.3 is 9.88 Å². The number of unbranched alkanes of at least 4 members (excludes halogenated alkanes) is 1. The van der Waals surface area contributed by atoms with Crippen molar-refractivity contribution in [3.63, 3.8) is 0 Å². The van der Waals surface area contributed by atoms with E-state index in [1.54, 1.807) is 11.3 Å². The molecule has 0 spiro atoms. The summed E-state index contributed by atoms with van der Waals surface area (Å²) in [5.74, 6) is 0. The van der Waals surface area contributed by atoms with Gasteiger partial charge in [-0.05, 0) is 33.2 Å². The number of aromatic nitrogens is 3. The molecular weight excluding hydrogens is 244 g/mol. The summed E-state index contributed by atoms with van der Waals surface area (Å²) in [6.07, 6.45) is 8.05. The second-order valence-corrected chi connectivity index (χ2v) is 5.54. The summed E-state index contributed by atoms with van der Waals surface area (Å²) in [5.41, 5.74) is 1.16. The Bertz CT molecular complexity index is 449. The highest BCUT2D eigenvalue weighted by molar-refractivity contribution is 7.09. The molecule has 4 nitrogen and oxygen atoms in total. The summed E-state index contributed by atoms with van der Waals surface area (Å²) >= 11 is 1.71. The fourth-order valence-electron chi connectivity index (χ4n) is 1.84. The molecule has 18 heavy (non-hydrogen) atoms. The van der Waals surface area contributed by atoms with E-state index in [0.717, 1.165) is 23.8 Å². The molecule has 1 N–H and O–H groups in total. The van der Waals surface area contributed by atoms with Crippen LogP contribution in [0.2, 0.25) is 0 Å². The van der Waals surface area contributed by atoms with Gasteiger partial charge in [0.15, 0.2) is 0 Å². The lowest BCUT2D eigenvalue weighted by Crippen LogP contribution is -2.20. The van der Waals surface area contributed by atoms with Gasteiger partial charge in [-0.15, -0.1) is 11.3 Å². The van der Waals surface area contributed by atoms with E-state index in [1.807, 2.05) is 25.6 Å². The van der Waals surface area contributed by atoms with E-state index in [9.17, 15) is 0 Å². The zero-order valence-corrected chi connectivity index (χ0v) is 11.8. The standard InChI is InChI=1S/C13H20N4S/c1-11(13-9-18-12(2)16-13)15-5-3-4-7-17-8-6-14-10-17/h6,8-11,15H,3-5,7H2,1-2H3. The number of nitrogens with one attached hydrogen (secondary N) is 1. The maximum absolute atomic E-state index is 4.49. The number of rotatable bonds is 7. The van der Waals surface area contributed by atoms with Crippen molar-refractivity contribution >= 4 is 11.3 Å². The number of aryl methyl sites for hydroxylation is 2. The molecule has 0 aliphatic heterocycles. The summed E-state index contributed by atoms with van der Waals surface area (Å²) in [5, 5.41) is 6.79. The largest absolute Gasteiger partial charge is 0.337 e. The van der Waals surface area contributed by atoms with Crippen LogP contribution in [-0.2, 0) is 6.54 Å². The van der Waals surface area contributed by atoms with Crippen LogP contribution in [-0.4, -0.2) is 21.1 Å². The highest BCUT2D eigenvalue weighted by Gasteiger charge is 2.07. The molecule has 1 atom stereocenters. The van der Waals surface area contributed by atoms with E-state index in [2.05, 4.69) is 32.2 Å². The molecule has 0 amide bonds. The molecule has 0 fully saturated rings. The minimum absolute atomic E-state index is 0.350. The van der Waals surface area contributed by atoms with Crippen LogP contribution < -0.4 is 5.32 Å². The van der Waals surface area contributed by atoms with Crippen LogP contribution in [0.4, 0.5) is 0 Å². The maximum atomic E-state index is 4.49. The van der Waals surface area contributed by atoms with Crippen molar-refractivity contribution in [3.8, 4) is 0 Å². The number of imidazole rings is 1. The highest BCUT2D eigenvalue weighted by Crippen LogP contribution is 2.15. The minimum atomic E-state index is 0.350. The van der Waals surface area contributed by atoms with Gasteiger partial charge >= 0.3 is 0 Å². The molecule has 0 saturated heterocycles. The van der Waals surface area contributed by atoms with Gasteiger partial charge in [-0.3, -0.25) is 0 Å². The van der Waals surface area contributed by atoms with Gasteiger partial charge in [0.25, 0.3) is 0 Å². The molecule has 1 unspecified atom stereocenters. The lowest BCUT2D eigenvalue weighted by atomic mass is 10.2. The van der Waals surface area contributed by atoms with Crippen molar-refractivity contribution in [1.82, 2.24) is 19.9 Å². The molecule has 98 valence electrons. The van der Waals surface area contributed by atoms with Crippen molar-refractivity contribution < 1.29 is 0 Å². The van der Waals surface area contributed by atoms with E-state index in [4.69, 9.17) is 0 Å². The Morgan fingerprint density at radius 1 is 1.44 bits per heavy atom. The van der Waals surface area contributed by atoms with Gasteiger partial charge in [-0.25, -0.2) is 9.97 Å². The first-order valence-corrected chi connectivity index (χ1v) is 7.25. The number of nitrogens with zero attached hydrogens (tertiary/aromatic N) is 3. The van der Waals surface area contributed by atoms with Crippen LogP contribution in [0, 0.1) is 6.92 Å². The summed E-state index contributed by atoms with van der Waals surface area (Å²) in [7, 11) is 0. The average molecular weight is 264 g/mol. The highest BCUT2D eigenvalue weighted by atomic mass is 32.1. The van der Waals surface area contributed by atoms with Gasteiger partial charge in [0.2, 0.25) is 0 Å². The number of hydrogen-bond donors (Lipinski definition) is 1. The first-order valence-electron chi connectivity index (χ1n) is 6.37. The fourth-order valence-corrected chi connectivity index (χ4v) is 2.55. The molecule has 5 heteroatoms. The lowest BCUT2D eigenvalue weighted by Gasteiger charge is -2.11. The summed E-state index contributed by atoms with van der Waals surface area (Å²) in [6, 6.07) is 0.350. The van der Waals surface area contributed by atoms with Gasteiger partial charge in [0, 0.05) is 30.4 Å². The predicted octanol–water partition coefficient (Wildman–Crippen LogP) is 2.78. The molecule has 0 saturated carbocycles. The third-order valence-corrected chi connectivity index (χ3v) is 3.72. The molecule has 0 aliphatic carbocycles. The van der Waals surface area contributed by atoms with Gasteiger partial charge in [-0.1, -0.05) is 0 Å². The number of thiazole rings is 1. The minimum Gasteiger partial charge on any atom is -0.337 e. The van der Waals surface area contributed by atoms with Crippen LogP contribution in [0.1, 0.15) is 36.5 Å². The first-order chi connectivity index (χ1) is 8.75. The van der Waals surface area contributed by atoms with E-state index in [1.165, 1.54) is 12.8 Å². The second-order valence-electron chi connectivity index (χ2n) is 4.47. The lowest BCUT2D eigenvalue weighted by molar-refractivity contribution is 0.517. The van der Waals surface area contributed by atoms with Gasteiger partial charge in [-0.2, -0.15) is 0 Å². The Morgan fingerprint density at radius 2 is 2.33 bits per heavy atom. The van der Waals surface area contributed by atoms with E-state index < -0.39 is 0 Å². The predicted molar refractivity (Wildman–Crippen MR) is 74.7 cm³/mol. The Labute approximate surface area is 112 Å². The Kier molecular flexibility index (Phi) is 4.90. The molecule has 0 aliphatic rings. The normalized spacial score (nSPS) is 12.8. The van der Waals surface area contributed by atoms with Crippen molar-refractivity contribution in [3.05, 3.63) is 34.8 Å². The summed E-state index contributed by atoms with van der Waals surface area (Å²) in [4.78, 5) is 8.53. The Morgan fingerprint density at radius 3 is 3.00 bits per heavy atom. The second kappa shape index (κ2) is 6.66. The third kappa shape index (κ3) is 3.92. The molecule has 2 rings (SSSR count). The van der Waals surface area contributed by atoms with Crippen LogP contribution >= 0.6 is 11.3 Å². The number of hydrogen-bond acceptors (Lipinski definition) is 4. The van der Waals surface area contributed by atoms with Gasteiger partial charge in [0.1, 0.15) is 0 Å². The van der Waals surface area contributed by atoms with E-state index in [-0.39, 0.29) is 0 Å². The molecule has 0 aromatic carbocycles. The summed E-state index contributed by atoms with van der Waals surface area (Å²) < 4.78 is 2.12. The van der Waals surface area contributed by atoms with Gasteiger partial charge in [0.05, 0.1) is 17.0 Å². The van der Waals surface area contributed by atoms with Crippen molar-refractivity contribution in [1.29, 1.82) is 0 Å². The molecular formula is C13H20N4S. The van der Waals surface area contributed by atoms with Crippen LogP contribution in [0.25, 0.3) is 0 Å². The Hall–Kier alpha value is -1.20. The van der Waals surface area contributed by atoms with Crippen LogP contribution in [0.3, 0.4) is 0 Å². The fraction of sp³-hybridized carbons (Fsp3) is 0.538. The van der Waals surface area contributed by atoms with E-state index in [0.29, 0.717) is 6.04 Å². The van der Waals surface area contributed by atoms with Crippen LogP contribution in [0.5, 0.6) is 0 Å². The molecule has 2 aromatic rings. The van der Waals surface area contributed by atoms with Crippen molar-refractivity contribution in [2.45, 2.75) is 39.3 Å². The average Bonchev–Trinajstić information content (AvgIpc) is 2.99. The zero-order chi connectivity index (χ0) is 12.8. The Balaban J connectivity index is 1.60. The zero-order valence-electron chi connectivity index (χ0n) is 11.0. The molecule has 0 radical (unpaired) electrons. The van der Waals surface area contributed by atoms with Crippen LogP contribution in [0.15, 0.2) is 24.1 Å². The molecule has 2 heterocycles. The third-order valence-electron chi connectivity index (χ3n) is 2.93. The SMILES string of the molecule is Cc1nc(C(C)NCCCCn2ccnc2)cs1. The first kappa shape index (κ1) is 13.2. The van der Waals surface area contributed by atoms with Crippen molar-refractivity contribution in [2.24, 2.45) is 0 Å². The molecule has 0 bridgehead atoms. The topological polar surface area (TPSA) is 42.7 Å². The quantitative estimate of drug-likeness (QED) is 0.782. The maximum Gasteiger partial charge on any atom is 0.0945 e. The monoisotopic (exact) mass is 264 g/mol. The summed E-state index contributed by atoms with van der Waals surface area (Å²) in [6.45, 7) is 6.30. The molecule has 2 aromatic heterocycles. The smallest absolute Gasteiger partial charge is 0.0945 e. The van der Waals surface area contributed by atoms with Crippen molar-refractivity contribution in [2.75, 3.05) is 6.54 Å². The van der Waals surface area contributed by atoms with E-state index >= 15 is 0 Å².